The molecule has 5 nitrogen and oxygen atoms in total. The van der Waals surface area contributed by atoms with Gasteiger partial charge in [0.2, 0.25) is 0 Å². The van der Waals surface area contributed by atoms with E-state index in [1.54, 1.807) is 25.4 Å². The van der Waals surface area contributed by atoms with Crippen LogP contribution in [0.25, 0.3) is 5.69 Å². The van der Waals surface area contributed by atoms with Gasteiger partial charge in [0.15, 0.2) is 5.96 Å². The lowest BCUT2D eigenvalue weighted by atomic mass is 10.2. The van der Waals surface area contributed by atoms with Gasteiger partial charge in [-0.25, -0.2) is 9.07 Å². The van der Waals surface area contributed by atoms with Gasteiger partial charge < -0.3 is 10.6 Å². The highest BCUT2D eigenvalue weighted by Gasteiger charge is 2.03. The number of hydrogen-bond acceptors (Lipinski definition) is 2. The van der Waals surface area contributed by atoms with E-state index in [4.69, 9.17) is 0 Å². The molecule has 7 heteroatoms. The molecular weight excluding hydrogens is 444 g/mol. The lowest BCUT2D eigenvalue weighted by Gasteiger charge is -2.12. The highest BCUT2D eigenvalue weighted by atomic mass is 127. The van der Waals surface area contributed by atoms with Crippen molar-refractivity contribution in [3.63, 3.8) is 0 Å². The summed E-state index contributed by atoms with van der Waals surface area (Å²) < 4.78 is 15.5. The summed E-state index contributed by atoms with van der Waals surface area (Å²) in [6, 6.07) is 16.7. The molecule has 0 atom stereocenters. The predicted molar refractivity (Wildman–Crippen MR) is 112 cm³/mol. The zero-order valence-electron chi connectivity index (χ0n) is 14.4. The van der Waals surface area contributed by atoms with Gasteiger partial charge >= 0.3 is 0 Å². The lowest BCUT2D eigenvalue weighted by Crippen LogP contribution is -2.36. The molecule has 1 aromatic heterocycles. The van der Waals surface area contributed by atoms with Gasteiger partial charge in [0.25, 0.3) is 0 Å². The molecule has 3 rings (SSSR count). The third kappa shape index (κ3) is 5.29. The number of benzene rings is 2. The van der Waals surface area contributed by atoms with E-state index in [2.05, 4.69) is 20.7 Å². The summed E-state index contributed by atoms with van der Waals surface area (Å²) in [5, 5.41) is 10.5. The van der Waals surface area contributed by atoms with Crippen LogP contribution in [0, 0.1) is 5.82 Å². The molecule has 2 aromatic carbocycles. The number of rotatable bonds is 5. The van der Waals surface area contributed by atoms with Crippen LogP contribution in [0.2, 0.25) is 0 Å². The lowest BCUT2D eigenvalue weighted by molar-refractivity contribution is 0.604. The van der Waals surface area contributed by atoms with Gasteiger partial charge in [0, 0.05) is 38.1 Å². The monoisotopic (exact) mass is 465 g/mol. The molecular formula is C19H21FIN5. The fourth-order valence-corrected chi connectivity index (χ4v) is 2.42. The molecule has 1 heterocycles. The molecule has 0 saturated heterocycles. The van der Waals surface area contributed by atoms with Crippen molar-refractivity contribution in [3.05, 3.63) is 83.9 Å². The molecule has 0 saturated carbocycles. The molecule has 2 N–H and O–H groups in total. The molecule has 0 aliphatic rings. The van der Waals surface area contributed by atoms with Crippen molar-refractivity contribution < 1.29 is 4.39 Å². The summed E-state index contributed by atoms with van der Waals surface area (Å²) in [4.78, 5) is 4.16. The Morgan fingerprint density at radius 3 is 2.42 bits per heavy atom. The fraction of sp³-hybridized carbons (Fsp3) is 0.158. The number of halogens is 2. The van der Waals surface area contributed by atoms with Gasteiger partial charge in [-0.05, 0) is 29.8 Å². The van der Waals surface area contributed by atoms with Crippen molar-refractivity contribution >= 4 is 29.9 Å². The molecule has 136 valence electrons. The van der Waals surface area contributed by atoms with Crippen LogP contribution in [0.15, 0.2) is 72.0 Å². The molecule has 0 bridgehead atoms. The SMILES string of the molecule is CN=C(NCc1ccc(-n2cccn2)cc1)NCc1ccccc1F.I. The van der Waals surface area contributed by atoms with Gasteiger partial charge in [-0.3, -0.25) is 4.99 Å². The van der Waals surface area contributed by atoms with Crippen LogP contribution in [0.3, 0.4) is 0 Å². The molecule has 0 fully saturated rings. The second-order valence-corrected chi connectivity index (χ2v) is 5.49. The average Bonchev–Trinajstić information content (AvgIpc) is 3.18. The maximum atomic E-state index is 13.6. The molecule has 0 radical (unpaired) electrons. The Kier molecular flexibility index (Phi) is 7.58. The first-order valence-electron chi connectivity index (χ1n) is 8.03. The van der Waals surface area contributed by atoms with Crippen molar-refractivity contribution in [2.75, 3.05) is 7.05 Å². The Labute approximate surface area is 169 Å². The van der Waals surface area contributed by atoms with Gasteiger partial charge in [-0.1, -0.05) is 30.3 Å². The molecule has 26 heavy (non-hydrogen) atoms. The van der Waals surface area contributed by atoms with Gasteiger partial charge in [-0.2, -0.15) is 5.10 Å². The van der Waals surface area contributed by atoms with Crippen LogP contribution in [-0.4, -0.2) is 22.8 Å². The zero-order chi connectivity index (χ0) is 17.5. The van der Waals surface area contributed by atoms with E-state index in [-0.39, 0.29) is 29.8 Å². The van der Waals surface area contributed by atoms with Crippen molar-refractivity contribution in [2.45, 2.75) is 13.1 Å². The summed E-state index contributed by atoms with van der Waals surface area (Å²) in [6.07, 6.45) is 3.66. The van der Waals surface area contributed by atoms with Crippen LogP contribution < -0.4 is 10.6 Å². The van der Waals surface area contributed by atoms with Crippen molar-refractivity contribution in [2.24, 2.45) is 4.99 Å². The smallest absolute Gasteiger partial charge is 0.191 e. The Morgan fingerprint density at radius 2 is 1.77 bits per heavy atom. The fourth-order valence-electron chi connectivity index (χ4n) is 2.42. The van der Waals surface area contributed by atoms with Gasteiger partial charge in [-0.15, -0.1) is 24.0 Å². The zero-order valence-corrected chi connectivity index (χ0v) is 16.7. The third-order valence-corrected chi connectivity index (χ3v) is 3.79. The van der Waals surface area contributed by atoms with Crippen LogP contribution in [0.1, 0.15) is 11.1 Å². The van der Waals surface area contributed by atoms with Crippen LogP contribution >= 0.6 is 24.0 Å². The van der Waals surface area contributed by atoms with Crippen molar-refractivity contribution in [1.82, 2.24) is 20.4 Å². The van der Waals surface area contributed by atoms with Crippen molar-refractivity contribution in [3.8, 4) is 5.69 Å². The number of nitrogens with one attached hydrogen (secondary N) is 2. The summed E-state index contributed by atoms with van der Waals surface area (Å²) in [6.45, 7) is 1.00. The first-order valence-corrected chi connectivity index (χ1v) is 8.03. The number of aromatic nitrogens is 2. The highest BCUT2D eigenvalue weighted by molar-refractivity contribution is 14.0. The summed E-state index contributed by atoms with van der Waals surface area (Å²) in [5.74, 6) is 0.402. The molecule has 0 spiro atoms. The summed E-state index contributed by atoms with van der Waals surface area (Å²) in [7, 11) is 1.69. The topological polar surface area (TPSA) is 54.2 Å². The Bertz CT molecular complexity index is 831. The number of aliphatic imine (C=N–C) groups is 1. The van der Waals surface area contributed by atoms with E-state index in [1.807, 2.05) is 47.3 Å². The van der Waals surface area contributed by atoms with E-state index in [1.165, 1.54) is 6.07 Å². The number of nitrogens with zero attached hydrogens (tertiary/aromatic N) is 3. The van der Waals surface area contributed by atoms with E-state index < -0.39 is 0 Å². The third-order valence-electron chi connectivity index (χ3n) is 3.79. The quantitative estimate of drug-likeness (QED) is 0.345. The van der Waals surface area contributed by atoms with Gasteiger partial charge in [0.05, 0.1) is 5.69 Å². The Balaban J connectivity index is 0.00000243. The Hall–Kier alpha value is -2.42. The standard InChI is InChI=1S/C19H20FN5.HI/c1-21-19(23-14-16-5-2-3-6-18(16)20)22-13-15-7-9-17(10-8-15)25-12-4-11-24-25;/h2-12H,13-14H2,1H3,(H2,21,22,23);1H. The minimum absolute atomic E-state index is 0. The van der Waals surface area contributed by atoms with Gasteiger partial charge in [0.1, 0.15) is 5.82 Å². The first-order chi connectivity index (χ1) is 12.3. The minimum Gasteiger partial charge on any atom is -0.352 e. The van der Waals surface area contributed by atoms with E-state index in [0.717, 1.165) is 11.3 Å². The highest BCUT2D eigenvalue weighted by Crippen LogP contribution is 2.08. The van der Waals surface area contributed by atoms with Crippen LogP contribution in [0.5, 0.6) is 0 Å². The predicted octanol–water partition coefficient (Wildman–Crippen LogP) is 3.49. The molecule has 0 aliphatic heterocycles. The minimum atomic E-state index is -0.223. The second kappa shape index (κ2) is 9.91. The molecule has 3 aromatic rings. The van der Waals surface area contributed by atoms with E-state index in [0.29, 0.717) is 24.6 Å². The average molecular weight is 465 g/mol. The van der Waals surface area contributed by atoms with E-state index >= 15 is 0 Å². The van der Waals surface area contributed by atoms with Crippen molar-refractivity contribution in [1.29, 1.82) is 0 Å². The first kappa shape index (κ1) is 19.9. The number of hydrogen-bond donors (Lipinski definition) is 2. The summed E-state index contributed by atoms with van der Waals surface area (Å²) >= 11 is 0. The Morgan fingerprint density at radius 1 is 1.04 bits per heavy atom. The number of guanidine groups is 1. The molecule has 0 amide bonds. The van der Waals surface area contributed by atoms with Crippen LogP contribution in [-0.2, 0) is 13.1 Å². The summed E-state index contributed by atoms with van der Waals surface area (Å²) in [5.41, 5.74) is 2.73. The maximum absolute atomic E-state index is 13.6. The largest absolute Gasteiger partial charge is 0.352 e. The molecule has 0 unspecified atom stereocenters. The maximum Gasteiger partial charge on any atom is 0.191 e. The van der Waals surface area contributed by atoms with Crippen LogP contribution in [0.4, 0.5) is 4.39 Å². The molecule has 0 aliphatic carbocycles. The normalized spacial score (nSPS) is 10.9. The second-order valence-electron chi connectivity index (χ2n) is 5.49. The van der Waals surface area contributed by atoms with E-state index in [9.17, 15) is 4.39 Å².